The summed E-state index contributed by atoms with van der Waals surface area (Å²) >= 11 is 7.06. The van der Waals surface area contributed by atoms with Crippen molar-refractivity contribution < 1.29 is 9.53 Å². The fraction of sp³-hybridized carbons (Fsp3) is 0.409. The van der Waals surface area contributed by atoms with Gasteiger partial charge in [0.25, 0.3) is 0 Å². The summed E-state index contributed by atoms with van der Waals surface area (Å²) in [5.41, 5.74) is 2.39. The van der Waals surface area contributed by atoms with Crippen LogP contribution in [0.15, 0.2) is 57.5 Å². The highest BCUT2D eigenvalue weighted by molar-refractivity contribution is 9.11. The fourth-order valence-corrected chi connectivity index (χ4v) is 4.97. The van der Waals surface area contributed by atoms with E-state index in [9.17, 15) is 4.79 Å². The molecule has 3 rings (SSSR count). The minimum atomic E-state index is 0.190. The van der Waals surface area contributed by atoms with Crippen LogP contribution in [-0.4, -0.2) is 48.5 Å². The molecule has 28 heavy (non-hydrogen) atoms. The molecule has 2 aromatic carbocycles. The molecule has 0 bridgehead atoms. The third-order valence-corrected chi connectivity index (χ3v) is 5.98. The Kier molecular flexibility index (Phi) is 8.09. The van der Waals surface area contributed by atoms with Crippen LogP contribution in [0.2, 0.25) is 0 Å². The van der Waals surface area contributed by atoms with Gasteiger partial charge in [-0.2, -0.15) is 0 Å². The number of carbonyl (C=O) groups is 1. The van der Waals surface area contributed by atoms with Crippen molar-refractivity contribution in [3.63, 3.8) is 0 Å². The number of hydrogen-bond donors (Lipinski definition) is 0. The maximum Gasteiger partial charge on any atom is 0.222 e. The van der Waals surface area contributed by atoms with Crippen LogP contribution in [0.1, 0.15) is 30.5 Å². The van der Waals surface area contributed by atoms with Crippen LogP contribution in [0.4, 0.5) is 0 Å². The summed E-state index contributed by atoms with van der Waals surface area (Å²) in [6, 6.07) is 16.9. The lowest BCUT2D eigenvalue weighted by molar-refractivity contribution is -0.133. The average molecular weight is 510 g/mol. The van der Waals surface area contributed by atoms with E-state index in [0.717, 1.165) is 40.7 Å². The predicted molar refractivity (Wildman–Crippen MR) is 119 cm³/mol. The second-order valence-electron chi connectivity index (χ2n) is 6.99. The topological polar surface area (TPSA) is 32.8 Å². The molecule has 1 heterocycles. The molecule has 0 unspecified atom stereocenters. The van der Waals surface area contributed by atoms with Gasteiger partial charge in [0.05, 0.1) is 19.3 Å². The van der Waals surface area contributed by atoms with E-state index in [0.29, 0.717) is 19.6 Å². The molecule has 4 nitrogen and oxygen atoms in total. The van der Waals surface area contributed by atoms with Crippen LogP contribution < -0.4 is 0 Å². The minimum absolute atomic E-state index is 0.190. The third kappa shape index (κ3) is 5.89. The van der Waals surface area contributed by atoms with Crippen LogP contribution in [0.5, 0.6) is 0 Å². The zero-order chi connectivity index (χ0) is 19.9. The number of carbonyl (C=O) groups excluding carboxylic acids is 1. The number of ether oxygens (including phenoxy) is 1. The number of nitrogens with zero attached hydrogens (tertiary/aromatic N) is 2. The van der Waals surface area contributed by atoms with Crippen LogP contribution in [0, 0.1) is 0 Å². The first-order chi connectivity index (χ1) is 13.6. The standard InChI is InChI=1S/C22H26Br2N2O2/c1-2-22(27)26-10-8-25(9-11-26)21(18-6-4-3-5-7-18)16-28-15-17-12-19(23)14-20(24)13-17/h3-7,12-14,21H,2,8-11,15-16H2,1H3/t21-/m1/s1. The Morgan fingerprint density at radius 1 is 1.04 bits per heavy atom. The highest BCUT2D eigenvalue weighted by atomic mass is 79.9. The molecular weight excluding hydrogens is 484 g/mol. The summed E-state index contributed by atoms with van der Waals surface area (Å²) in [7, 11) is 0. The third-order valence-electron chi connectivity index (χ3n) is 5.06. The normalized spacial score (nSPS) is 16.2. The molecule has 0 aliphatic carbocycles. The van der Waals surface area contributed by atoms with Gasteiger partial charge in [0, 0.05) is 41.5 Å². The van der Waals surface area contributed by atoms with Gasteiger partial charge in [-0.1, -0.05) is 69.1 Å². The number of hydrogen-bond acceptors (Lipinski definition) is 3. The van der Waals surface area contributed by atoms with Crippen LogP contribution in [0.25, 0.3) is 0 Å². The van der Waals surface area contributed by atoms with E-state index in [-0.39, 0.29) is 11.9 Å². The monoisotopic (exact) mass is 508 g/mol. The van der Waals surface area contributed by atoms with Crippen molar-refractivity contribution in [3.05, 3.63) is 68.6 Å². The summed E-state index contributed by atoms with van der Waals surface area (Å²) in [5.74, 6) is 0.243. The van der Waals surface area contributed by atoms with Crippen molar-refractivity contribution in [2.24, 2.45) is 0 Å². The number of piperazine rings is 1. The summed E-state index contributed by atoms with van der Waals surface area (Å²) in [5, 5.41) is 0. The lowest BCUT2D eigenvalue weighted by Crippen LogP contribution is -2.50. The molecule has 0 spiro atoms. The van der Waals surface area contributed by atoms with Crippen molar-refractivity contribution in [2.75, 3.05) is 32.8 Å². The number of halogens is 2. The molecule has 150 valence electrons. The van der Waals surface area contributed by atoms with Gasteiger partial charge in [-0.3, -0.25) is 9.69 Å². The molecule has 2 aromatic rings. The molecule has 1 amide bonds. The Hall–Kier alpha value is -1.21. The summed E-state index contributed by atoms with van der Waals surface area (Å²) in [6.45, 7) is 6.43. The molecule has 1 saturated heterocycles. The Balaban J connectivity index is 1.64. The first kappa shape index (κ1) is 21.5. The summed E-state index contributed by atoms with van der Waals surface area (Å²) < 4.78 is 8.21. The number of rotatable bonds is 7. The van der Waals surface area contributed by atoms with Gasteiger partial charge in [0.2, 0.25) is 5.91 Å². The largest absolute Gasteiger partial charge is 0.375 e. The van der Waals surface area contributed by atoms with Gasteiger partial charge in [0.1, 0.15) is 0 Å². The van der Waals surface area contributed by atoms with E-state index >= 15 is 0 Å². The molecule has 1 fully saturated rings. The van der Waals surface area contributed by atoms with Gasteiger partial charge in [-0.15, -0.1) is 0 Å². The maximum absolute atomic E-state index is 12.0. The van der Waals surface area contributed by atoms with E-state index in [2.05, 4.69) is 73.2 Å². The van der Waals surface area contributed by atoms with Gasteiger partial charge < -0.3 is 9.64 Å². The molecule has 1 aliphatic heterocycles. The zero-order valence-corrected chi connectivity index (χ0v) is 19.3. The van der Waals surface area contributed by atoms with E-state index in [1.54, 1.807) is 0 Å². The van der Waals surface area contributed by atoms with Crippen molar-refractivity contribution >= 4 is 37.8 Å². The second-order valence-corrected chi connectivity index (χ2v) is 8.82. The minimum Gasteiger partial charge on any atom is -0.375 e. The number of amides is 1. The van der Waals surface area contributed by atoms with Crippen molar-refractivity contribution in [1.29, 1.82) is 0 Å². The first-order valence-corrected chi connectivity index (χ1v) is 11.2. The Bertz CT molecular complexity index is 757. The smallest absolute Gasteiger partial charge is 0.222 e. The van der Waals surface area contributed by atoms with Crippen LogP contribution in [-0.2, 0) is 16.1 Å². The van der Waals surface area contributed by atoms with E-state index in [1.807, 2.05) is 24.0 Å². The van der Waals surface area contributed by atoms with Gasteiger partial charge in [0.15, 0.2) is 0 Å². The van der Waals surface area contributed by atoms with Crippen molar-refractivity contribution in [1.82, 2.24) is 9.80 Å². The van der Waals surface area contributed by atoms with Gasteiger partial charge in [-0.25, -0.2) is 0 Å². The summed E-state index contributed by atoms with van der Waals surface area (Å²) in [6.07, 6.45) is 0.577. The highest BCUT2D eigenvalue weighted by Crippen LogP contribution is 2.25. The predicted octanol–water partition coefficient (Wildman–Crippen LogP) is 5.02. The number of benzene rings is 2. The van der Waals surface area contributed by atoms with Gasteiger partial charge >= 0.3 is 0 Å². The first-order valence-electron chi connectivity index (χ1n) is 9.66. The van der Waals surface area contributed by atoms with Crippen molar-refractivity contribution in [3.8, 4) is 0 Å². The molecule has 1 atom stereocenters. The average Bonchev–Trinajstić information content (AvgIpc) is 2.71. The molecule has 0 aromatic heterocycles. The SMILES string of the molecule is CCC(=O)N1CCN([C@H](COCc2cc(Br)cc(Br)c2)c2ccccc2)CC1. The quantitative estimate of drug-likeness (QED) is 0.525. The molecule has 0 radical (unpaired) electrons. The Labute approximate surface area is 184 Å². The Morgan fingerprint density at radius 3 is 2.29 bits per heavy atom. The molecule has 6 heteroatoms. The molecular formula is C22H26Br2N2O2. The van der Waals surface area contributed by atoms with Crippen LogP contribution >= 0.6 is 31.9 Å². The summed E-state index contributed by atoms with van der Waals surface area (Å²) in [4.78, 5) is 16.4. The lowest BCUT2D eigenvalue weighted by Gasteiger charge is -2.39. The Morgan fingerprint density at radius 2 is 1.68 bits per heavy atom. The lowest BCUT2D eigenvalue weighted by atomic mass is 10.0. The second kappa shape index (κ2) is 10.5. The van der Waals surface area contributed by atoms with Crippen LogP contribution in [0.3, 0.4) is 0 Å². The highest BCUT2D eigenvalue weighted by Gasteiger charge is 2.26. The fourth-order valence-electron chi connectivity index (χ4n) is 3.58. The molecule has 1 aliphatic rings. The van der Waals surface area contributed by atoms with Crippen molar-refractivity contribution in [2.45, 2.75) is 26.0 Å². The van der Waals surface area contributed by atoms with E-state index < -0.39 is 0 Å². The maximum atomic E-state index is 12.0. The zero-order valence-electron chi connectivity index (χ0n) is 16.1. The van der Waals surface area contributed by atoms with E-state index in [1.165, 1.54) is 5.56 Å². The molecule has 0 saturated carbocycles. The van der Waals surface area contributed by atoms with Gasteiger partial charge in [-0.05, 0) is 29.3 Å². The van der Waals surface area contributed by atoms with E-state index in [4.69, 9.17) is 4.74 Å². The molecule has 0 N–H and O–H groups in total.